The van der Waals surface area contributed by atoms with Crippen LogP contribution in [0.1, 0.15) is 17.3 Å². The van der Waals surface area contributed by atoms with Crippen molar-refractivity contribution in [3.63, 3.8) is 0 Å². The Balaban J connectivity index is 3.72. The van der Waals surface area contributed by atoms with Crippen LogP contribution >= 0.6 is 0 Å². The molecule has 0 spiro atoms. The third-order valence-electron chi connectivity index (χ3n) is 2.16. The monoisotopic (exact) mass is 246 g/mol. The first-order valence-electron chi connectivity index (χ1n) is 4.53. The molecule has 0 aromatic carbocycles. The van der Waals surface area contributed by atoms with E-state index < -0.39 is 35.9 Å². The Kier molecular flexibility index (Phi) is 3.49. The molecule has 0 atom stereocenters. The number of nitrogens with zero attached hydrogens (tertiary/aromatic N) is 2. The van der Waals surface area contributed by atoms with Gasteiger partial charge in [-0.2, -0.15) is 0 Å². The maximum Gasteiger partial charge on any atom is 0.797 e. The molecular formula is C8H9BF2N2O4. The predicted molar refractivity (Wildman–Crippen MR) is 55.5 cm³/mol. The van der Waals surface area contributed by atoms with Gasteiger partial charge in [0.15, 0.2) is 11.7 Å². The number of rotatable bonds is 3. The van der Waals surface area contributed by atoms with Gasteiger partial charge in [-0.1, -0.05) is 0 Å². The molecule has 0 N–H and O–H groups in total. The van der Waals surface area contributed by atoms with Gasteiger partial charge in [-0.25, -0.2) is 13.4 Å². The van der Waals surface area contributed by atoms with E-state index in [0.29, 0.717) is 9.13 Å². The van der Waals surface area contributed by atoms with Crippen molar-refractivity contribution in [1.82, 2.24) is 9.13 Å². The summed E-state index contributed by atoms with van der Waals surface area (Å²) in [6.07, 6.45) is 0. The molecule has 1 aromatic rings. The van der Waals surface area contributed by atoms with E-state index in [1.54, 1.807) is 0 Å². The van der Waals surface area contributed by atoms with Crippen LogP contribution in [0.4, 0.5) is 8.63 Å². The maximum absolute atomic E-state index is 12.2. The molecule has 0 aliphatic rings. The summed E-state index contributed by atoms with van der Waals surface area (Å²) in [5, 5.41) is 0. The zero-order valence-corrected chi connectivity index (χ0v) is 9.36. The lowest BCUT2D eigenvalue weighted by Crippen LogP contribution is -2.41. The van der Waals surface area contributed by atoms with Crippen LogP contribution in [0.2, 0.25) is 0 Å². The second-order valence-electron chi connectivity index (χ2n) is 3.32. The number of ketones is 1. The molecule has 0 aliphatic heterocycles. The first-order chi connectivity index (χ1) is 7.77. The van der Waals surface area contributed by atoms with Gasteiger partial charge < -0.3 is 4.65 Å². The van der Waals surface area contributed by atoms with Crippen LogP contribution in [0.5, 0.6) is 5.88 Å². The molecule has 1 heterocycles. The molecular weight excluding hydrogens is 237 g/mol. The Morgan fingerprint density at radius 1 is 1.24 bits per heavy atom. The average molecular weight is 246 g/mol. The van der Waals surface area contributed by atoms with Gasteiger partial charge in [0.2, 0.25) is 0 Å². The van der Waals surface area contributed by atoms with Crippen molar-refractivity contribution in [2.24, 2.45) is 14.1 Å². The van der Waals surface area contributed by atoms with Gasteiger partial charge in [0.1, 0.15) is 5.56 Å². The van der Waals surface area contributed by atoms with Crippen LogP contribution in [0.3, 0.4) is 0 Å². The Bertz CT molecular complexity index is 578. The molecule has 6 nitrogen and oxygen atoms in total. The van der Waals surface area contributed by atoms with E-state index in [-0.39, 0.29) is 0 Å². The normalized spacial score (nSPS) is 10.2. The molecule has 0 aliphatic carbocycles. The van der Waals surface area contributed by atoms with Crippen LogP contribution in [0, 0.1) is 0 Å². The quantitative estimate of drug-likeness (QED) is 0.536. The van der Waals surface area contributed by atoms with Crippen molar-refractivity contribution in [3.05, 3.63) is 26.4 Å². The van der Waals surface area contributed by atoms with Gasteiger partial charge in [0.05, 0.1) is 0 Å². The van der Waals surface area contributed by atoms with Crippen LogP contribution in [-0.4, -0.2) is 22.4 Å². The summed E-state index contributed by atoms with van der Waals surface area (Å²) in [5.74, 6) is -1.47. The van der Waals surface area contributed by atoms with Gasteiger partial charge >= 0.3 is 13.2 Å². The Morgan fingerprint density at radius 3 is 2.18 bits per heavy atom. The minimum Gasteiger partial charge on any atom is -0.491 e. The third-order valence-corrected chi connectivity index (χ3v) is 2.16. The van der Waals surface area contributed by atoms with E-state index in [1.807, 2.05) is 0 Å². The van der Waals surface area contributed by atoms with Crippen LogP contribution < -0.4 is 15.9 Å². The van der Waals surface area contributed by atoms with Crippen molar-refractivity contribution in [2.75, 3.05) is 0 Å². The highest BCUT2D eigenvalue weighted by atomic mass is 19.2. The second kappa shape index (κ2) is 4.52. The molecule has 0 saturated carbocycles. The SMILES string of the molecule is CC(=O)c1c(OB(F)F)n(C)c(=O)n(C)c1=O. The molecule has 1 aromatic heterocycles. The Morgan fingerprint density at radius 2 is 1.76 bits per heavy atom. The van der Waals surface area contributed by atoms with E-state index >= 15 is 0 Å². The van der Waals surface area contributed by atoms with Crippen molar-refractivity contribution in [2.45, 2.75) is 6.92 Å². The maximum atomic E-state index is 12.2. The van der Waals surface area contributed by atoms with E-state index in [9.17, 15) is 23.0 Å². The summed E-state index contributed by atoms with van der Waals surface area (Å²) >= 11 is 0. The highest BCUT2D eigenvalue weighted by molar-refractivity contribution is 6.35. The minimum absolute atomic E-state index is 0.574. The molecule has 0 amide bonds. The van der Waals surface area contributed by atoms with Crippen LogP contribution in [0.15, 0.2) is 9.59 Å². The molecule has 0 radical (unpaired) electrons. The Labute approximate surface area is 94.6 Å². The molecule has 92 valence electrons. The summed E-state index contributed by atoms with van der Waals surface area (Å²) in [4.78, 5) is 34.3. The first-order valence-corrected chi connectivity index (χ1v) is 4.53. The molecule has 1 rings (SSSR count). The second-order valence-corrected chi connectivity index (χ2v) is 3.32. The van der Waals surface area contributed by atoms with Gasteiger partial charge in [-0.15, -0.1) is 0 Å². The highest BCUT2D eigenvalue weighted by Gasteiger charge is 2.26. The molecule has 0 fully saturated rings. The topological polar surface area (TPSA) is 70.3 Å². The fourth-order valence-electron chi connectivity index (χ4n) is 1.35. The number of halogens is 2. The lowest BCUT2D eigenvalue weighted by molar-refractivity contribution is 0.101. The minimum atomic E-state index is -3.23. The number of aromatic nitrogens is 2. The summed E-state index contributed by atoms with van der Waals surface area (Å²) in [5.41, 5.74) is -2.39. The molecule has 17 heavy (non-hydrogen) atoms. The van der Waals surface area contributed by atoms with Crippen molar-refractivity contribution in [3.8, 4) is 5.88 Å². The van der Waals surface area contributed by atoms with Crippen molar-refractivity contribution < 1.29 is 18.1 Å². The van der Waals surface area contributed by atoms with Gasteiger partial charge in [-0.05, 0) is 6.92 Å². The number of Topliss-reactive ketones (excluding diaryl/α,β-unsaturated/α-hetero) is 1. The first kappa shape index (κ1) is 13.1. The van der Waals surface area contributed by atoms with E-state index in [4.69, 9.17) is 0 Å². The van der Waals surface area contributed by atoms with Gasteiger partial charge in [0.25, 0.3) is 5.56 Å². The predicted octanol–water partition coefficient (Wildman–Crippen LogP) is -0.411. The molecule has 0 bridgehead atoms. The summed E-state index contributed by atoms with van der Waals surface area (Å²) in [7, 11) is -0.958. The lowest BCUT2D eigenvalue weighted by atomic mass is 10.2. The number of hydrogen-bond donors (Lipinski definition) is 0. The van der Waals surface area contributed by atoms with Gasteiger partial charge in [-0.3, -0.25) is 18.7 Å². The van der Waals surface area contributed by atoms with Crippen LogP contribution in [0.25, 0.3) is 0 Å². The zero-order chi connectivity index (χ0) is 13.3. The smallest absolute Gasteiger partial charge is 0.491 e. The van der Waals surface area contributed by atoms with Crippen LogP contribution in [-0.2, 0) is 14.1 Å². The van der Waals surface area contributed by atoms with Crippen molar-refractivity contribution in [1.29, 1.82) is 0 Å². The number of carbonyl (C=O) groups excluding carboxylic acids is 1. The number of hydrogen-bond acceptors (Lipinski definition) is 4. The van der Waals surface area contributed by atoms with E-state index in [1.165, 1.54) is 0 Å². The molecule has 0 saturated heterocycles. The fraction of sp³-hybridized carbons (Fsp3) is 0.375. The van der Waals surface area contributed by atoms with E-state index in [2.05, 4.69) is 4.65 Å². The lowest BCUT2D eigenvalue weighted by Gasteiger charge is -2.12. The van der Waals surface area contributed by atoms with Gasteiger partial charge in [0, 0.05) is 14.1 Å². The summed E-state index contributed by atoms with van der Waals surface area (Å²) in [6, 6.07) is 0. The zero-order valence-electron chi connectivity index (χ0n) is 9.36. The third kappa shape index (κ3) is 2.27. The Hall–Kier alpha value is -1.93. The summed E-state index contributed by atoms with van der Waals surface area (Å²) < 4.78 is 29.7. The highest BCUT2D eigenvalue weighted by Crippen LogP contribution is 2.13. The average Bonchev–Trinajstić information content (AvgIpc) is 2.22. The fourth-order valence-corrected chi connectivity index (χ4v) is 1.35. The van der Waals surface area contributed by atoms with E-state index in [0.717, 1.165) is 21.0 Å². The standard InChI is InChI=1S/C8H9BF2N2O4/c1-4(14)5-6(15)12(2)8(16)13(3)7(5)17-9(10)11/h1-3H3. The van der Waals surface area contributed by atoms with Crippen molar-refractivity contribution >= 4 is 13.3 Å². The number of carbonyl (C=O) groups is 1. The summed E-state index contributed by atoms with van der Waals surface area (Å²) in [6.45, 7) is 1.03. The molecule has 9 heteroatoms. The largest absolute Gasteiger partial charge is 0.797 e. The molecule has 0 unspecified atom stereocenters.